The first kappa shape index (κ1) is 16.3. The quantitative estimate of drug-likeness (QED) is 0.686. The Morgan fingerprint density at radius 1 is 1.00 bits per heavy atom. The van der Waals surface area contributed by atoms with Gasteiger partial charge in [0.25, 0.3) is 5.78 Å². The molecule has 0 aromatic carbocycles. The second kappa shape index (κ2) is 6.40. The van der Waals surface area contributed by atoms with Gasteiger partial charge in [-0.25, -0.2) is 0 Å². The Balaban J connectivity index is 1.66. The van der Waals surface area contributed by atoms with Crippen LogP contribution < -0.4 is 4.90 Å². The predicted molar refractivity (Wildman–Crippen MR) is 103 cm³/mol. The second-order valence-electron chi connectivity index (χ2n) is 7.05. The van der Waals surface area contributed by atoms with Crippen LogP contribution in [0.15, 0.2) is 0 Å². The molecule has 9 heteroatoms. The highest BCUT2D eigenvalue weighted by molar-refractivity contribution is 7.19. The molecule has 0 radical (unpaired) electrons. The Bertz CT molecular complexity index is 939. The summed E-state index contributed by atoms with van der Waals surface area (Å²) in [4.78, 5) is 14.9. The summed E-state index contributed by atoms with van der Waals surface area (Å²) < 4.78 is 1.82. The van der Waals surface area contributed by atoms with Gasteiger partial charge in [0.1, 0.15) is 10.6 Å². The smallest absolute Gasteiger partial charge is 0.276 e. The number of hydrogen-bond acceptors (Lipinski definition) is 8. The maximum absolute atomic E-state index is 4.88. The lowest BCUT2D eigenvalue weighted by Gasteiger charge is -2.35. The molecule has 0 N–H and O–H groups in total. The van der Waals surface area contributed by atoms with Crippen LogP contribution in [0.5, 0.6) is 0 Å². The Kier molecular flexibility index (Phi) is 4.02. The molecule has 5 rings (SSSR count). The van der Waals surface area contributed by atoms with Gasteiger partial charge in [-0.3, -0.25) is 4.90 Å². The Morgan fingerprint density at radius 2 is 1.81 bits per heavy atom. The maximum atomic E-state index is 4.88. The lowest BCUT2D eigenvalue weighted by atomic mass is 10.0. The molecule has 0 unspecified atom stereocenters. The van der Waals surface area contributed by atoms with Crippen LogP contribution in [0.4, 0.5) is 5.82 Å². The monoisotopic (exact) mass is 372 g/mol. The largest absolute Gasteiger partial charge is 0.353 e. The molecule has 3 aromatic heterocycles. The number of rotatable bonds is 3. The fourth-order valence-electron chi connectivity index (χ4n) is 4.13. The van der Waals surface area contributed by atoms with E-state index in [1.165, 1.54) is 15.8 Å². The third kappa shape index (κ3) is 2.49. The highest BCUT2D eigenvalue weighted by Gasteiger charge is 2.28. The molecule has 0 amide bonds. The lowest BCUT2D eigenvalue weighted by molar-refractivity contribution is 0.270. The molecule has 2 aliphatic heterocycles. The molecule has 1 fully saturated rings. The minimum Gasteiger partial charge on any atom is -0.353 e. The van der Waals surface area contributed by atoms with Crippen LogP contribution in [0.2, 0.25) is 0 Å². The second-order valence-corrected chi connectivity index (χ2v) is 8.13. The third-order valence-corrected chi connectivity index (χ3v) is 6.95. The highest BCUT2D eigenvalue weighted by Crippen LogP contribution is 2.39. The normalized spacial score (nSPS) is 19.5. The van der Waals surface area contributed by atoms with Crippen molar-refractivity contribution < 1.29 is 0 Å². The highest BCUT2D eigenvalue weighted by atomic mass is 32.1. The minimum atomic E-state index is 0.608. The van der Waals surface area contributed by atoms with E-state index in [-0.39, 0.29) is 0 Å². The maximum Gasteiger partial charge on any atom is 0.276 e. The van der Waals surface area contributed by atoms with E-state index in [9.17, 15) is 0 Å². The van der Waals surface area contributed by atoms with Crippen molar-refractivity contribution in [2.45, 2.75) is 26.8 Å². The first-order valence-corrected chi connectivity index (χ1v) is 10.3. The summed E-state index contributed by atoms with van der Waals surface area (Å²) in [5.74, 6) is 1.69. The molecular weight excluding hydrogens is 348 g/mol. The van der Waals surface area contributed by atoms with Crippen LogP contribution in [0.3, 0.4) is 0 Å². The van der Waals surface area contributed by atoms with Gasteiger partial charge in [0, 0.05) is 44.1 Å². The molecule has 3 aromatic rings. The number of tetrazole rings is 1. The molecule has 2 aliphatic rings. The molecule has 0 aliphatic carbocycles. The summed E-state index contributed by atoms with van der Waals surface area (Å²) in [6.45, 7) is 13.0. The SMILES string of the molecule is CCN1CCN(c2nc3nnnn3c3sc4c(c23)CCN(CC)C4)CC1. The van der Waals surface area contributed by atoms with Gasteiger partial charge in [0.2, 0.25) is 0 Å². The lowest BCUT2D eigenvalue weighted by Crippen LogP contribution is -2.46. The van der Waals surface area contributed by atoms with Crippen molar-refractivity contribution >= 4 is 33.1 Å². The zero-order chi connectivity index (χ0) is 17.7. The van der Waals surface area contributed by atoms with Crippen molar-refractivity contribution in [3.05, 3.63) is 10.4 Å². The topological polar surface area (TPSA) is 65.7 Å². The first-order chi connectivity index (χ1) is 12.8. The molecule has 8 nitrogen and oxygen atoms in total. The van der Waals surface area contributed by atoms with Crippen LogP contribution >= 0.6 is 11.3 Å². The van der Waals surface area contributed by atoms with Crippen molar-refractivity contribution in [3.8, 4) is 0 Å². The Labute approximate surface area is 156 Å². The summed E-state index contributed by atoms with van der Waals surface area (Å²) in [5, 5.41) is 13.5. The molecule has 0 spiro atoms. The van der Waals surface area contributed by atoms with E-state index in [1.54, 1.807) is 0 Å². The van der Waals surface area contributed by atoms with Crippen LogP contribution in [-0.4, -0.2) is 80.6 Å². The molecular formula is C17H24N8S. The van der Waals surface area contributed by atoms with E-state index in [1.807, 2.05) is 15.9 Å². The van der Waals surface area contributed by atoms with E-state index >= 15 is 0 Å². The standard InChI is InChI=1S/C17H24N8S/c1-3-22-7-9-24(10-8-22)15-14-12-5-6-23(4-2)11-13(12)26-16(14)25-17(18-15)19-20-21-25/h3-11H2,1-2H3. The molecule has 1 saturated heterocycles. The van der Waals surface area contributed by atoms with Gasteiger partial charge in [0.15, 0.2) is 0 Å². The van der Waals surface area contributed by atoms with Gasteiger partial charge >= 0.3 is 0 Å². The van der Waals surface area contributed by atoms with Crippen LogP contribution in [0, 0.1) is 0 Å². The van der Waals surface area contributed by atoms with Crippen molar-refractivity contribution in [2.75, 3.05) is 50.7 Å². The zero-order valence-corrected chi connectivity index (χ0v) is 16.2. The van der Waals surface area contributed by atoms with Crippen molar-refractivity contribution in [1.29, 1.82) is 0 Å². The number of anilines is 1. The number of likely N-dealkylation sites (N-methyl/N-ethyl adjacent to an activating group) is 2. The number of nitrogens with zero attached hydrogens (tertiary/aromatic N) is 8. The van der Waals surface area contributed by atoms with E-state index in [0.29, 0.717) is 5.78 Å². The van der Waals surface area contributed by atoms with Crippen molar-refractivity contribution in [1.82, 2.24) is 34.8 Å². The van der Waals surface area contributed by atoms with Gasteiger partial charge in [-0.05, 0) is 35.5 Å². The van der Waals surface area contributed by atoms with Crippen molar-refractivity contribution in [3.63, 3.8) is 0 Å². The van der Waals surface area contributed by atoms with E-state index in [4.69, 9.17) is 4.98 Å². The average Bonchev–Trinajstić information content (AvgIpc) is 3.30. The number of piperazine rings is 1. The number of fused-ring (bicyclic) bond motifs is 5. The van der Waals surface area contributed by atoms with Gasteiger partial charge in [-0.2, -0.15) is 9.50 Å². The van der Waals surface area contributed by atoms with Crippen LogP contribution in [0.25, 0.3) is 16.0 Å². The molecule has 5 heterocycles. The fourth-order valence-corrected chi connectivity index (χ4v) is 5.46. The predicted octanol–water partition coefficient (Wildman–Crippen LogP) is 1.25. The number of thiophene rings is 1. The van der Waals surface area contributed by atoms with Crippen molar-refractivity contribution in [2.24, 2.45) is 0 Å². The van der Waals surface area contributed by atoms with E-state index in [0.717, 1.165) is 69.4 Å². The third-order valence-electron chi connectivity index (χ3n) is 5.76. The average molecular weight is 373 g/mol. The molecule has 26 heavy (non-hydrogen) atoms. The summed E-state index contributed by atoms with van der Waals surface area (Å²) in [6, 6.07) is 0. The first-order valence-electron chi connectivity index (χ1n) is 9.50. The van der Waals surface area contributed by atoms with E-state index < -0.39 is 0 Å². The number of aromatic nitrogens is 5. The summed E-state index contributed by atoms with van der Waals surface area (Å²) in [7, 11) is 0. The fraction of sp³-hybridized carbons (Fsp3) is 0.647. The van der Waals surface area contributed by atoms with Gasteiger partial charge in [-0.1, -0.05) is 18.9 Å². The molecule has 138 valence electrons. The van der Waals surface area contributed by atoms with E-state index in [2.05, 4.69) is 44.1 Å². The summed E-state index contributed by atoms with van der Waals surface area (Å²) >= 11 is 1.84. The Morgan fingerprint density at radius 3 is 2.58 bits per heavy atom. The number of hydrogen-bond donors (Lipinski definition) is 0. The Hall–Kier alpha value is -1.84. The minimum absolute atomic E-state index is 0.608. The molecule has 0 atom stereocenters. The van der Waals surface area contributed by atoms with Gasteiger partial charge in [0.05, 0.1) is 5.39 Å². The zero-order valence-electron chi connectivity index (χ0n) is 15.3. The molecule has 0 bridgehead atoms. The molecule has 0 saturated carbocycles. The summed E-state index contributed by atoms with van der Waals surface area (Å²) in [6.07, 6.45) is 1.08. The van der Waals surface area contributed by atoms with Gasteiger partial charge < -0.3 is 9.80 Å². The van der Waals surface area contributed by atoms with Crippen LogP contribution in [0.1, 0.15) is 24.3 Å². The summed E-state index contributed by atoms with van der Waals surface area (Å²) in [5.41, 5.74) is 1.47. The van der Waals surface area contributed by atoms with Gasteiger partial charge in [-0.15, -0.1) is 11.3 Å². The van der Waals surface area contributed by atoms with Crippen LogP contribution in [-0.2, 0) is 13.0 Å².